The summed E-state index contributed by atoms with van der Waals surface area (Å²) in [4.78, 5) is 13.3. The molecule has 0 saturated heterocycles. The van der Waals surface area contributed by atoms with Crippen LogP contribution in [0.4, 0.5) is 0 Å². The van der Waals surface area contributed by atoms with E-state index in [0.29, 0.717) is 39.2 Å². The molecule has 0 saturated carbocycles. The number of furan rings is 1. The average Bonchev–Trinajstić information content (AvgIpc) is 2.98. The van der Waals surface area contributed by atoms with Gasteiger partial charge in [-0.3, -0.25) is 0 Å². The minimum absolute atomic E-state index is 0.0944. The molecule has 1 heterocycles. The van der Waals surface area contributed by atoms with Crippen molar-refractivity contribution in [1.29, 1.82) is 0 Å². The van der Waals surface area contributed by atoms with Gasteiger partial charge in [0.1, 0.15) is 19.0 Å². The highest BCUT2D eigenvalue weighted by Gasteiger charge is 2.01. The maximum absolute atomic E-state index is 10.7. The Morgan fingerprint density at radius 1 is 1.14 bits per heavy atom. The van der Waals surface area contributed by atoms with Gasteiger partial charge in [-0.15, -0.1) is 0 Å². The highest BCUT2D eigenvalue weighted by molar-refractivity contribution is 6.20. The van der Waals surface area contributed by atoms with Crippen molar-refractivity contribution in [2.24, 2.45) is 0 Å². The summed E-state index contributed by atoms with van der Waals surface area (Å²) >= 11 is 0. The van der Waals surface area contributed by atoms with E-state index >= 15 is 0 Å². The molecular weight excluding hydrogens is 280 g/mol. The molecule has 1 aromatic rings. The molecular formula is C13H18N2O6. The summed E-state index contributed by atoms with van der Waals surface area (Å²) < 4.78 is 25.5. The van der Waals surface area contributed by atoms with E-state index in [2.05, 4.69) is 9.53 Å². The molecule has 0 unspecified atom stereocenters. The second kappa shape index (κ2) is 11.8. The first kappa shape index (κ1) is 17.1. The molecule has 0 atom stereocenters. The zero-order chi connectivity index (χ0) is 15.2. The van der Waals surface area contributed by atoms with Crippen molar-refractivity contribution >= 4 is 12.2 Å². The predicted octanol–water partition coefficient (Wildman–Crippen LogP) is 0.673. The van der Waals surface area contributed by atoms with Crippen LogP contribution in [0.1, 0.15) is 5.76 Å². The summed E-state index contributed by atoms with van der Waals surface area (Å²) in [5.41, 5.74) is 8.06. The van der Waals surface area contributed by atoms with Crippen molar-refractivity contribution < 1.29 is 32.9 Å². The molecule has 8 heteroatoms. The van der Waals surface area contributed by atoms with E-state index in [9.17, 15) is 4.79 Å². The normalized spacial score (nSPS) is 10.1. The first-order valence-electron chi connectivity index (χ1n) is 6.42. The fourth-order valence-electron chi connectivity index (χ4n) is 1.29. The summed E-state index contributed by atoms with van der Waals surface area (Å²) in [5.74, 6) is 0.0604. The highest BCUT2D eigenvalue weighted by atomic mass is 16.6. The van der Waals surface area contributed by atoms with E-state index in [1.54, 1.807) is 12.3 Å². The van der Waals surface area contributed by atoms with Crippen molar-refractivity contribution in [2.45, 2.75) is 6.61 Å². The van der Waals surface area contributed by atoms with Crippen molar-refractivity contribution in [1.82, 2.24) is 0 Å². The third-order valence-corrected chi connectivity index (χ3v) is 2.20. The molecule has 1 rings (SSSR count). The van der Waals surface area contributed by atoms with Gasteiger partial charge in [0.05, 0.1) is 39.3 Å². The smallest absolute Gasteiger partial charge is 0.413 e. The van der Waals surface area contributed by atoms with E-state index < -0.39 is 5.97 Å². The number of carbonyl (C=O) groups is 1. The minimum atomic E-state index is -0.717. The Morgan fingerprint density at radius 3 is 2.43 bits per heavy atom. The van der Waals surface area contributed by atoms with Gasteiger partial charge in [-0.05, 0) is 12.1 Å². The van der Waals surface area contributed by atoms with Crippen LogP contribution in [0.2, 0.25) is 0 Å². The molecule has 1 aromatic heterocycles. The summed E-state index contributed by atoms with van der Waals surface area (Å²) in [6.07, 6.45) is 2.27. The zero-order valence-corrected chi connectivity index (χ0v) is 11.6. The second-order valence-electron chi connectivity index (χ2n) is 3.77. The fourth-order valence-corrected chi connectivity index (χ4v) is 1.29. The summed E-state index contributed by atoms with van der Waals surface area (Å²) in [5, 5.41) is 0. The Hall–Kier alpha value is -1.99. The van der Waals surface area contributed by atoms with E-state index in [0.717, 1.165) is 5.76 Å². The Labute approximate surface area is 122 Å². The van der Waals surface area contributed by atoms with Crippen LogP contribution in [0.25, 0.3) is 5.53 Å². The monoisotopic (exact) mass is 298 g/mol. The van der Waals surface area contributed by atoms with Gasteiger partial charge < -0.3 is 28.9 Å². The quantitative estimate of drug-likeness (QED) is 0.185. The number of esters is 1. The van der Waals surface area contributed by atoms with Crippen LogP contribution >= 0.6 is 0 Å². The first-order valence-corrected chi connectivity index (χ1v) is 6.42. The van der Waals surface area contributed by atoms with Gasteiger partial charge in [0.15, 0.2) is 0 Å². The fraction of sp³-hybridized carbons (Fsp3) is 0.538. The molecule has 0 aliphatic heterocycles. The lowest BCUT2D eigenvalue weighted by molar-refractivity contribution is -0.140. The van der Waals surface area contributed by atoms with Crippen LogP contribution in [0.5, 0.6) is 0 Å². The topological polar surface area (TPSA) is 104 Å². The number of ether oxygens (including phenoxy) is 4. The highest BCUT2D eigenvalue weighted by Crippen LogP contribution is 2.01. The van der Waals surface area contributed by atoms with Crippen LogP contribution < -0.4 is 0 Å². The van der Waals surface area contributed by atoms with Crippen molar-refractivity contribution in [3.63, 3.8) is 0 Å². The maximum atomic E-state index is 10.7. The van der Waals surface area contributed by atoms with Gasteiger partial charge in [-0.2, -0.15) is 4.79 Å². The van der Waals surface area contributed by atoms with E-state index in [1.165, 1.54) is 0 Å². The van der Waals surface area contributed by atoms with E-state index in [-0.39, 0.29) is 13.2 Å². The molecule has 0 aromatic carbocycles. The Balaban J connectivity index is 1.78. The minimum Gasteiger partial charge on any atom is -0.467 e. The zero-order valence-electron chi connectivity index (χ0n) is 11.6. The van der Waals surface area contributed by atoms with Crippen LogP contribution in [-0.4, -0.2) is 56.6 Å². The van der Waals surface area contributed by atoms with Gasteiger partial charge in [0.25, 0.3) is 0 Å². The first-order chi connectivity index (χ1) is 10.3. The third-order valence-electron chi connectivity index (χ3n) is 2.20. The molecule has 0 fully saturated rings. The van der Waals surface area contributed by atoms with Crippen LogP contribution in [0.3, 0.4) is 0 Å². The molecule has 0 aliphatic carbocycles. The number of rotatable bonds is 12. The predicted molar refractivity (Wildman–Crippen MR) is 70.6 cm³/mol. The van der Waals surface area contributed by atoms with Crippen LogP contribution in [0.15, 0.2) is 22.8 Å². The molecule has 0 amide bonds. The Morgan fingerprint density at radius 2 is 1.81 bits per heavy atom. The molecule has 116 valence electrons. The number of carbonyl (C=O) groups excluding carboxylic acids is 1. The van der Waals surface area contributed by atoms with E-state index in [1.807, 2.05) is 6.07 Å². The summed E-state index contributed by atoms with van der Waals surface area (Å²) in [7, 11) is 0. The molecule has 0 radical (unpaired) electrons. The van der Waals surface area contributed by atoms with Gasteiger partial charge in [-0.1, -0.05) is 0 Å². The lowest BCUT2D eigenvalue weighted by atomic mass is 10.5. The van der Waals surface area contributed by atoms with Gasteiger partial charge >= 0.3 is 12.2 Å². The second-order valence-corrected chi connectivity index (χ2v) is 3.77. The van der Waals surface area contributed by atoms with Crippen molar-refractivity contribution in [2.75, 3.05) is 39.6 Å². The molecule has 8 nitrogen and oxygen atoms in total. The Kier molecular flexibility index (Phi) is 9.59. The number of hydrogen-bond donors (Lipinski definition) is 0. The van der Waals surface area contributed by atoms with E-state index in [4.69, 9.17) is 24.2 Å². The molecule has 0 aliphatic rings. The largest absolute Gasteiger partial charge is 0.467 e. The van der Waals surface area contributed by atoms with Crippen molar-refractivity contribution in [3.8, 4) is 0 Å². The van der Waals surface area contributed by atoms with Crippen LogP contribution in [0, 0.1) is 0 Å². The molecule has 0 spiro atoms. The third kappa shape index (κ3) is 9.53. The van der Waals surface area contributed by atoms with Gasteiger partial charge in [0.2, 0.25) is 0 Å². The number of hydrogen-bond acceptors (Lipinski definition) is 6. The van der Waals surface area contributed by atoms with Crippen LogP contribution in [-0.2, 0) is 30.3 Å². The van der Waals surface area contributed by atoms with Crippen molar-refractivity contribution in [3.05, 3.63) is 29.7 Å². The summed E-state index contributed by atoms with van der Waals surface area (Å²) in [6.45, 7) is 2.53. The average molecular weight is 298 g/mol. The molecule has 0 N–H and O–H groups in total. The molecule has 0 bridgehead atoms. The van der Waals surface area contributed by atoms with Gasteiger partial charge in [-0.25, -0.2) is 4.79 Å². The van der Waals surface area contributed by atoms with Gasteiger partial charge in [0, 0.05) is 0 Å². The lowest BCUT2D eigenvalue weighted by Crippen LogP contribution is -2.14. The summed E-state index contributed by atoms with van der Waals surface area (Å²) in [6, 6.07) is 3.65. The number of nitrogens with zero attached hydrogens (tertiary/aromatic N) is 2. The SMILES string of the molecule is [N-]=[N+]=CC(=O)OCCOCCOCCOCc1ccco1. The lowest BCUT2D eigenvalue weighted by Gasteiger charge is -2.06. The Bertz CT molecular complexity index is 428. The molecule has 21 heavy (non-hydrogen) atoms. The maximum Gasteiger partial charge on any atom is 0.413 e. The standard InChI is InChI=1S/C13H18N2O6/c14-15-10-13(16)21-9-8-18-5-4-17-6-7-19-11-12-2-1-3-20-12/h1-3,10H,4-9,11H2.